The third-order valence-corrected chi connectivity index (χ3v) is 2.63. The third-order valence-electron chi connectivity index (χ3n) is 1.76. The fraction of sp³-hybridized carbons (Fsp3) is 0.556. The number of halogens is 1. The summed E-state index contributed by atoms with van der Waals surface area (Å²) in [6.07, 6.45) is 0.826. The van der Waals surface area contributed by atoms with Crippen LogP contribution in [0.1, 0.15) is 25.4 Å². The number of aromatic nitrogens is 2. The molecule has 0 bridgehead atoms. The standard InChI is InChI=1S/C9H14BrN3O/c1-3-6-8(10)9(11)13-7(12-6)5-14-4-2/h3-5H2,1-2H3,(H2,11,12,13). The first-order valence-electron chi connectivity index (χ1n) is 4.57. The van der Waals surface area contributed by atoms with E-state index < -0.39 is 0 Å². The Balaban J connectivity index is 2.91. The van der Waals surface area contributed by atoms with Crippen molar-refractivity contribution in [1.29, 1.82) is 0 Å². The van der Waals surface area contributed by atoms with Gasteiger partial charge in [0.1, 0.15) is 12.4 Å². The van der Waals surface area contributed by atoms with Crippen LogP contribution in [0.2, 0.25) is 0 Å². The highest BCUT2D eigenvalue weighted by Crippen LogP contribution is 2.21. The highest BCUT2D eigenvalue weighted by molar-refractivity contribution is 9.10. The second kappa shape index (κ2) is 5.26. The van der Waals surface area contributed by atoms with Gasteiger partial charge in [0.2, 0.25) is 0 Å². The van der Waals surface area contributed by atoms with Crippen molar-refractivity contribution in [3.63, 3.8) is 0 Å². The van der Waals surface area contributed by atoms with Gasteiger partial charge < -0.3 is 10.5 Å². The summed E-state index contributed by atoms with van der Waals surface area (Å²) in [7, 11) is 0. The van der Waals surface area contributed by atoms with Crippen molar-refractivity contribution in [2.24, 2.45) is 0 Å². The van der Waals surface area contributed by atoms with Crippen LogP contribution in [0.25, 0.3) is 0 Å². The molecular weight excluding hydrogens is 246 g/mol. The minimum absolute atomic E-state index is 0.418. The topological polar surface area (TPSA) is 61.0 Å². The average molecular weight is 260 g/mol. The lowest BCUT2D eigenvalue weighted by Crippen LogP contribution is -2.06. The Morgan fingerprint density at radius 2 is 2.07 bits per heavy atom. The number of anilines is 1. The maximum absolute atomic E-state index is 5.72. The molecule has 0 amide bonds. The molecule has 1 heterocycles. The first-order chi connectivity index (χ1) is 6.69. The minimum atomic E-state index is 0.418. The highest BCUT2D eigenvalue weighted by atomic mass is 79.9. The predicted octanol–water partition coefficient (Wildman–Crippen LogP) is 1.92. The van der Waals surface area contributed by atoms with Gasteiger partial charge in [-0.25, -0.2) is 9.97 Å². The van der Waals surface area contributed by atoms with Gasteiger partial charge in [-0.05, 0) is 29.3 Å². The minimum Gasteiger partial charge on any atom is -0.383 e. The van der Waals surface area contributed by atoms with Gasteiger partial charge in [-0.15, -0.1) is 0 Å². The molecule has 0 radical (unpaired) electrons. The summed E-state index contributed by atoms with van der Waals surface area (Å²) in [5.74, 6) is 1.12. The van der Waals surface area contributed by atoms with E-state index in [1.54, 1.807) is 0 Å². The summed E-state index contributed by atoms with van der Waals surface area (Å²) in [6, 6.07) is 0. The SMILES string of the molecule is CCOCc1nc(N)c(Br)c(CC)n1. The van der Waals surface area contributed by atoms with E-state index >= 15 is 0 Å². The monoisotopic (exact) mass is 259 g/mol. The molecule has 0 aliphatic rings. The lowest BCUT2D eigenvalue weighted by atomic mass is 10.3. The zero-order chi connectivity index (χ0) is 10.6. The fourth-order valence-electron chi connectivity index (χ4n) is 1.06. The maximum atomic E-state index is 5.72. The van der Waals surface area contributed by atoms with Crippen LogP contribution in [0.15, 0.2) is 4.47 Å². The second-order valence-electron chi connectivity index (χ2n) is 2.78. The van der Waals surface area contributed by atoms with Crippen molar-refractivity contribution in [3.8, 4) is 0 Å². The molecule has 78 valence electrons. The number of rotatable bonds is 4. The van der Waals surface area contributed by atoms with Crippen molar-refractivity contribution >= 4 is 21.7 Å². The zero-order valence-corrected chi connectivity index (χ0v) is 9.97. The molecule has 0 spiro atoms. The summed E-state index contributed by atoms with van der Waals surface area (Å²) in [5.41, 5.74) is 6.64. The lowest BCUT2D eigenvalue weighted by Gasteiger charge is -2.07. The van der Waals surface area contributed by atoms with Crippen LogP contribution in [0, 0.1) is 0 Å². The van der Waals surface area contributed by atoms with Crippen LogP contribution in [0.4, 0.5) is 5.82 Å². The summed E-state index contributed by atoms with van der Waals surface area (Å²) in [4.78, 5) is 8.44. The molecule has 0 saturated heterocycles. The van der Waals surface area contributed by atoms with Crippen molar-refractivity contribution in [2.75, 3.05) is 12.3 Å². The number of ether oxygens (including phenoxy) is 1. The fourth-order valence-corrected chi connectivity index (χ4v) is 1.52. The molecule has 1 rings (SSSR count). The summed E-state index contributed by atoms with van der Waals surface area (Å²) < 4.78 is 6.01. The number of nitrogen functional groups attached to an aromatic ring is 1. The summed E-state index contributed by atoms with van der Waals surface area (Å²) >= 11 is 3.35. The summed E-state index contributed by atoms with van der Waals surface area (Å²) in [5, 5.41) is 0. The quantitative estimate of drug-likeness (QED) is 0.898. The molecule has 0 fully saturated rings. The van der Waals surface area contributed by atoms with Crippen molar-refractivity contribution in [2.45, 2.75) is 26.9 Å². The Kier molecular flexibility index (Phi) is 4.28. The Morgan fingerprint density at radius 1 is 1.36 bits per heavy atom. The molecule has 14 heavy (non-hydrogen) atoms. The lowest BCUT2D eigenvalue weighted by molar-refractivity contribution is 0.128. The van der Waals surface area contributed by atoms with Crippen LogP contribution in [-0.2, 0) is 17.8 Å². The van der Waals surface area contributed by atoms with Gasteiger partial charge in [0.05, 0.1) is 10.2 Å². The first kappa shape index (κ1) is 11.4. The van der Waals surface area contributed by atoms with Gasteiger partial charge >= 0.3 is 0 Å². The van der Waals surface area contributed by atoms with Gasteiger partial charge in [0.25, 0.3) is 0 Å². The van der Waals surface area contributed by atoms with Crippen LogP contribution < -0.4 is 5.73 Å². The summed E-state index contributed by atoms with van der Waals surface area (Å²) in [6.45, 7) is 5.03. The van der Waals surface area contributed by atoms with Gasteiger partial charge in [-0.2, -0.15) is 0 Å². The first-order valence-corrected chi connectivity index (χ1v) is 5.36. The Hall–Kier alpha value is -0.680. The van der Waals surface area contributed by atoms with Gasteiger partial charge in [-0.3, -0.25) is 0 Å². The number of aryl methyl sites for hydroxylation is 1. The van der Waals surface area contributed by atoms with E-state index in [0.717, 1.165) is 16.6 Å². The number of hydrogen-bond acceptors (Lipinski definition) is 4. The molecule has 0 aliphatic heterocycles. The molecule has 0 unspecified atom stereocenters. The molecule has 1 aromatic rings. The predicted molar refractivity (Wildman–Crippen MR) is 58.9 cm³/mol. The van der Waals surface area contributed by atoms with E-state index in [1.165, 1.54) is 0 Å². The molecule has 1 aromatic heterocycles. The van der Waals surface area contributed by atoms with E-state index in [-0.39, 0.29) is 0 Å². The average Bonchev–Trinajstić information content (AvgIpc) is 2.19. The van der Waals surface area contributed by atoms with Gasteiger partial charge in [-0.1, -0.05) is 6.92 Å². The third kappa shape index (κ3) is 2.65. The normalized spacial score (nSPS) is 10.5. The second-order valence-corrected chi connectivity index (χ2v) is 3.57. The molecule has 4 nitrogen and oxygen atoms in total. The van der Waals surface area contributed by atoms with E-state index in [4.69, 9.17) is 10.5 Å². The molecule has 0 aromatic carbocycles. The van der Waals surface area contributed by atoms with E-state index in [0.29, 0.717) is 24.9 Å². The molecule has 0 atom stereocenters. The van der Waals surface area contributed by atoms with Crippen molar-refractivity contribution < 1.29 is 4.74 Å². The van der Waals surface area contributed by atoms with Crippen LogP contribution in [0.3, 0.4) is 0 Å². The molecule has 0 saturated carbocycles. The maximum Gasteiger partial charge on any atom is 0.156 e. The Bertz CT molecular complexity index is 317. The molecule has 5 heteroatoms. The zero-order valence-electron chi connectivity index (χ0n) is 8.38. The molecular formula is C9H14BrN3O. The van der Waals surface area contributed by atoms with Gasteiger partial charge in [0.15, 0.2) is 5.82 Å². The number of hydrogen-bond donors (Lipinski definition) is 1. The Morgan fingerprint density at radius 3 is 2.64 bits per heavy atom. The Labute approximate surface area is 92.0 Å². The molecule has 2 N–H and O–H groups in total. The van der Waals surface area contributed by atoms with E-state index in [2.05, 4.69) is 25.9 Å². The van der Waals surface area contributed by atoms with Crippen molar-refractivity contribution in [1.82, 2.24) is 9.97 Å². The van der Waals surface area contributed by atoms with Gasteiger partial charge in [0, 0.05) is 6.61 Å². The number of nitrogens with two attached hydrogens (primary N) is 1. The molecule has 0 aliphatic carbocycles. The van der Waals surface area contributed by atoms with Crippen molar-refractivity contribution in [3.05, 3.63) is 16.0 Å². The largest absolute Gasteiger partial charge is 0.383 e. The smallest absolute Gasteiger partial charge is 0.156 e. The van der Waals surface area contributed by atoms with Crippen LogP contribution in [-0.4, -0.2) is 16.6 Å². The van der Waals surface area contributed by atoms with E-state index in [9.17, 15) is 0 Å². The van der Waals surface area contributed by atoms with Crippen LogP contribution in [0.5, 0.6) is 0 Å². The van der Waals surface area contributed by atoms with Crippen LogP contribution >= 0.6 is 15.9 Å². The van der Waals surface area contributed by atoms with E-state index in [1.807, 2.05) is 13.8 Å². The number of nitrogens with zero attached hydrogens (tertiary/aromatic N) is 2. The highest BCUT2D eigenvalue weighted by Gasteiger charge is 2.08.